The van der Waals surface area contributed by atoms with Crippen molar-refractivity contribution in [3.05, 3.63) is 23.3 Å². The molecule has 0 bridgehead atoms. The smallest absolute Gasteiger partial charge is 0.303 e. The minimum absolute atomic E-state index is 0.0160. The van der Waals surface area contributed by atoms with E-state index in [1.807, 2.05) is 0 Å². The van der Waals surface area contributed by atoms with Gasteiger partial charge in [0.15, 0.2) is 12.4 Å². The molecule has 158 valence electrons. The maximum absolute atomic E-state index is 13.3. The molecule has 2 saturated carbocycles. The number of hydrogen-bond acceptors (Lipinski definition) is 4. The largest absolute Gasteiger partial charge is 0.458 e. The summed E-state index contributed by atoms with van der Waals surface area (Å²) in [5, 5.41) is 0. The zero-order valence-corrected chi connectivity index (χ0v) is 18.5. The molecule has 4 aliphatic rings. The average Bonchev–Trinajstić information content (AvgIpc) is 2.88. The first-order valence-corrected chi connectivity index (χ1v) is 11.1. The van der Waals surface area contributed by atoms with E-state index in [2.05, 4.69) is 39.8 Å². The second-order valence-corrected chi connectivity index (χ2v) is 10.5. The first-order valence-electron chi connectivity index (χ1n) is 11.1. The molecule has 0 saturated heterocycles. The number of ketones is 2. The molecule has 0 radical (unpaired) electrons. The minimum atomic E-state index is -0.497. The molecule has 0 amide bonds. The van der Waals surface area contributed by atoms with Gasteiger partial charge in [-0.15, -0.1) is 0 Å². The van der Waals surface area contributed by atoms with Crippen molar-refractivity contribution in [2.24, 2.45) is 34.0 Å². The summed E-state index contributed by atoms with van der Waals surface area (Å²) in [4.78, 5) is 36.6. The van der Waals surface area contributed by atoms with Crippen LogP contribution in [0.25, 0.3) is 0 Å². The first-order chi connectivity index (χ1) is 13.5. The van der Waals surface area contributed by atoms with E-state index in [1.54, 1.807) is 0 Å². The Kier molecular flexibility index (Phi) is 4.71. The van der Waals surface area contributed by atoms with Crippen LogP contribution in [-0.2, 0) is 19.1 Å². The molecule has 4 heteroatoms. The van der Waals surface area contributed by atoms with Gasteiger partial charge in [0, 0.05) is 30.6 Å². The molecule has 0 aromatic heterocycles. The van der Waals surface area contributed by atoms with E-state index in [9.17, 15) is 14.4 Å². The van der Waals surface area contributed by atoms with E-state index < -0.39 is 11.4 Å². The summed E-state index contributed by atoms with van der Waals surface area (Å²) >= 11 is 0. The van der Waals surface area contributed by atoms with Crippen LogP contribution in [0.2, 0.25) is 0 Å². The summed E-state index contributed by atoms with van der Waals surface area (Å²) in [6.07, 6.45) is 9.84. The number of fused-ring (bicyclic) bond motifs is 5. The zero-order valence-electron chi connectivity index (χ0n) is 18.5. The minimum Gasteiger partial charge on any atom is -0.458 e. The summed E-state index contributed by atoms with van der Waals surface area (Å²) in [5.41, 5.74) is 2.22. The number of carbonyl (C=O) groups excluding carboxylic acids is 3. The fourth-order valence-corrected chi connectivity index (χ4v) is 7.26. The maximum Gasteiger partial charge on any atom is 0.303 e. The number of Topliss-reactive ketones (excluding diaryl/α,β-unsaturated/α-hetero) is 2. The van der Waals surface area contributed by atoms with Gasteiger partial charge in [0.05, 0.1) is 0 Å². The van der Waals surface area contributed by atoms with Crippen LogP contribution in [0.3, 0.4) is 0 Å². The van der Waals surface area contributed by atoms with Gasteiger partial charge < -0.3 is 4.74 Å². The van der Waals surface area contributed by atoms with Gasteiger partial charge in [-0.05, 0) is 48.9 Å². The van der Waals surface area contributed by atoms with E-state index >= 15 is 0 Å². The Hall–Kier alpha value is -1.71. The molecule has 0 N–H and O–H groups in total. The molecule has 6 atom stereocenters. The van der Waals surface area contributed by atoms with Gasteiger partial charge in [0.1, 0.15) is 5.78 Å². The first kappa shape index (κ1) is 20.6. The molecular formula is C25H34O4. The second kappa shape index (κ2) is 6.65. The maximum atomic E-state index is 13.3. The normalized spacial score (nSPS) is 43.5. The molecule has 2 fully saturated rings. The lowest BCUT2D eigenvalue weighted by molar-refractivity contribution is -0.153. The van der Waals surface area contributed by atoms with Crippen molar-refractivity contribution in [1.29, 1.82) is 0 Å². The van der Waals surface area contributed by atoms with E-state index in [-0.39, 0.29) is 29.1 Å². The Morgan fingerprint density at radius 2 is 1.93 bits per heavy atom. The topological polar surface area (TPSA) is 60.4 Å². The summed E-state index contributed by atoms with van der Waals surface area (Å²) in [5.74, 6) is 1.16. The number of carbonyl (C=O) groups is 3. The fourth-order valence-electron chi connectivity index (χ4n) is 7.26. The molecule has 0 aromatic carbocycles. The van der Waals surface area contributed by atoms with Crippen molar-refractivity contribution < 1.29 is 19.1 Å². The molecule has 0 aliphatic heterocycles. The lowest BCUT2D eigenvalue weighted by atomic mass is 9.49. The quantitative estimate of drug-likeness (QED) is 0.505. The van der Waals surface area contributed by atoms with Gasteiger partial charge >= 0.3 is 5.97 Å². The third-order valence-electron chi connectivity index (χ3n) is 9.47. The van der Waals surface area contributed by atoms with Crippen LogP contribution in [0.15, 0.2) is 23.3 Å². The molecule has 4 rings (SSSR count). The second-order valence-electron chi connectivity index (χ2n) is 10.5. The molecule has 0 aromatic rings. The predicted octanol–water partition coefficient (Wildman–Crippen LogP) is 4.82. The number of rotatable bonds is 3. The van der Waals surface area contributed by atoms with Crippen LogP contribution < -0.4 is 0 Å². The van der Waals surface area contributed by atoms with Crippen LogP contribution in [0, 0.1) is 34.0 Å². The average molecular weight is 399 g/mol. The highest BCUT2D eigenvalue weighted by molar-refractivity contribution is 5.89. The van der Waals surface area contributed by atoms with E-state index in [1.165, 1.54) is 18.1 Å². The van der Waals surface area contributed by atoms with Crippen molar-refractivity contribution in [2.45, 2.75) is 73.1 Å². The number of allylic oxidation sites excluding steroid dienone is 4. The monoisotopic (exact) mass is 398 g/mol. The van der Waals surface area contributed by atoms with E-state index in [4.69, 9.17) is 4.74 Å². The summed E-state index contributed by atoms with van der Waals surface area (Å²) in [6, 6.07) is 0. The zero-order chi connectivity index (χ0) is 21.2. The van der Waals surface area contributed by atoms with Crippen molar-refractivity contribution >= 4 is 17.5 Å². The molecule has 2 unspecified atom stereocenters. The molecule has 4 nitrogen and oxygen atoms in total. The fraction of sp³-hybridized carbons (Fsp3) is 0.720. The third-order valence-corrected chi connectivity index (χ3v) is 9.47. The van der Waals surface area contributed by atoms with Gasteiger partial charge in [0.2, 0.25) is 0 Å². The van der Waals surface area contributed by atoms with Crippen LogP contribution in [0.5, 0.6) is 0 Å². The van der Waals surface area contributed by atoms with Crippen LogP contribution in [-0.4, -0.2) is 24.1 Å². The van der Waals surface area contributed by atoms with Gasteiger partial charge in [0.25, 0.3) is 0 Å². The third kappa shape index (κ3) is 2.74. The number of ether oxygens (including phenoxy) is 1. The molecule has 4 aliphatic carbocycles. The van der Waals surface area contributed by atoms with Crippen molar-refractivity contribution in [1.82, 2.24) is 0 Å². The Bertz CT molecular complexity index is 836. The molecule has 29 heavy (non-hydrogen) atoms. The summed E-state index contributed by atoms with van der Waals surface area (Å²) in [7, 11) is 0. The van der Waals surface area contributed by atoms with Gasteiger partial charge in [-0.25, -0.2) is 0 Å². The Morgan fingerprint density at radius 1 is 1.21 bits per heavy atom. The molecular weight excluding hydrogens is 364 g/mol. The summed E-state index contributed by atoms with van der Waals surface area (Å²) in [6.45, 7) is 10.1. The van der Waals surface area contributed by atoms with Crippen LogP contribution in [0.4, 0.5) is 0 Å². The van der Waals surface area contributed by atoms with Crippen molar-refractivity contribution in [3.63, 3.8) is 0 Å². The van der Waals surface area contributed by atoms with Crippen molar-refractivity contribution in [3.8, 4) is 0 Å². The van der Waals surface area contributed by atoms with Gasteiger partial charge in [-0.1, -0.05) is 51.0 Å². The van der Waals surface area contributed by atoms with Crippen LogP contribution >= 0.6 is 0 Å². The molecule has 0 heterocycles. The molecule has 0 spiro atoms. The highest BCUT2D eigenvalue weighted by Crippen LogP contribution is 2.69. The Morgan fingerprint density at radius 3 is 2.62 bits per heavy atom. The lowest BCUT2D eigenvalue weighted by Gasteiger charge is -2.54. The van der Waals surface area contributed by atoms with Crippen molar-refractivity contribution in [2.75, 3.05) is 6.61 Å². The summed E-state index contributed by atoms with van der Waals surface area (Å²) < 4.78 is 5.11. The highest BCUT2D eigenvalue weighted by Gasteiger charge is 2.65. The van der Waals surface area contributed by atoms with E-state index in [0.717, 1.165) is 25.7 Å². The Balaban J connectivity index is 1.69. The van der Waals surface area contributed by atoms with Gasteiger partial charge in [-0.2, -0.15) is 0 Å². The Labute approximate surface area is 174 Å². The standard InChI is InChI=1S/C25H34O4/c1-15-12-21-19-7-6-17-13-18(27)8-10-23(17,3)20(19)9-11-24(21,4)25(15,5)22(28)14-29-16(2)26/h6,9,15,19,21H,7-8,10-14H2,1-5H3/t15-,19?,21?,23+,24+,25-/m1/s1. The van der Waals surface area contributed by atoms with Crippen LogP contribution in [0.1, 0.15) is 73.1 Å². The number of hydrogen-bond donors (Lipinski definition) is 0. The van der Waals surface area contributed by atoms with E-state index in [0.29, 0.717) is 30.5 Å². The number of esters is 1. The highest BCUT2D eigenvalue weighted by atomic mass is 16.5. The van der Waals surface area contributed by atoms with Gasteiger partial charge in [-0.3, -0.25) is 14.4 Å². The lowest BCUT2D eigenvalue weighted by Crippen LogP contribution is -2.51. The predicted molar refractivity (Wildman–Crippen MR) is 111 cm³/mol. The SMILES string of the molecule is CC(=O)OCC(=O)[C@@]1(C)[C@H](C)CC2C3CC=C4CC(=O)CC[C@]4(C)C3=CC[C@@]21C.